The average Bonchev–Trinajstić information content (AvgIpc) is 3.43. The van der Waals surface area contributed by atoms with Gasteiger partial charge in [0.25, 0.3) is 0 Å². The van der Waals surface area contributed by atoms with Gasteiger partial charge in [0.15, 0.2) is 11.8 Å². The Kier molecular flexibility index (Phi) is 14.1. The van der Waals surface area contributed by atoms with E-state index in [0.29, 0.717) is 43.7 Å². The van der Waals surface area contributed by atoms with Crippen LogP contribution < -0.4 is 14.8 Å². The Bertz CT molecular complexity index is 1450. The van der Waals surface area contributed by atoms with Gasteiger partial charge in [-0.2, -0.15) is 0 Å². The molecule has 1 heterocycles. The van der Waals surface area contributed by atoms with Crippen molar-refractivity contribution < 1.29 is 23.8 Å². The smallest absolute Gasteiger partial charge is 0.306 e. The molecule has 0 radical (unpaired) electrons. The van der Waals surface area contributed by atoms with Crippen molar-refractivity contribution in [1.29, 1.82) is 0 Å². The molecule has 13 heteroatoms. The quantitative estimate of drug-likeness (QED) is 0.0512. The summed E-state index contributed by atoms with van der Waals surface area (Å²) in [5.41, 5.74) is 2.34. The van der Waals surface area contributed by atoms with Gasteiger partial charge in [0, 0.05) is 19.2 Å². The van der Waals surface area contributed by atoms with Crippen LogP contribution in [0.15, 0.2) is 72.4 Å². The molecule has 1 atom stereocenters. The number of rotatable bonds is 17. The van der Waals surface area contributed by atoms with Crippen LogP contribution in [0.2, 0.25) is 0 Å². The summed E-state index contributed by atoms with van der Waals surface area (Å²) >= 11 is 5.22. The molecule has 1 N–H and O–H groups in total. The minimum Gasteiger partial charge on any atom is -0.462 e. The first-order chi connectivity index (χ1) is 21.5. The Balaban J connectivity index is 1.29. The van der Waals surface area contributed by atoms with Crippen molar-refractivity contribution in [2.45, 2.75) is 65.0 Å². The Hall–Kier alpha value is -4.15. The van der Waals surface area contributed by atoms with Gasteiger partial charge >= 0.3 is 12.8 Å². The number of aryl methyl sites for hydroxylation is 1. The molecule has 0 spiro atoms. The second kappa shape index (κ2) is 18.0. The number of hydrogen-bond donors (Lipinski definition) is 1. The number of carbonyl (C=O) groups excluding carboxylic acids is 2. The number of amides is 1. The molecule has 0 aliphatic heterocycles. The van der Waals surface area contributed by atoms with Gasteiger partial charge in [-0.3, -0.25) is 9.59 Å². The van der Waals surface area contributed by atoms with E-state index in [9.17, 15) is 9.59 Å². The average molecular weight is 654 g/mol. The van der Waals surface area contributed by atoms with Crippen LogP contribution in [-0.4, -0.2) is 63.7 Å². The molecule has 3 rings (SSSR count). The standard InChI is InChI=1S/C32H41N6O5PS/c1-32(2,3)43-31(40)9-7-6-8-27-23-38(36-35-27)24-30(39)33-19-18-25-10-14-28(15-11-25)41-20-21-42-29-16-12-26(13-17-29)22-34-37(4)44(5)45/h10-17,20-23H,6-9,18-19,24H2,1-5H3/p+1/b21-20?,34-22+. The van der Waals surface area contributed by atoms with Crippen molar-refractivity contribution in [2.75, 3.05) is 20.3 Å². The Labute approximate surface area is 271 Å². The second-order valence-corrected chi connectivity index (χ2v) is 14.3. The minimum absolute atomic E-state index is 0.0948. The minimum atomic E-state index is -0.671. The lowest BCUT2D eigenvalue weighted by Gasteiger charge is -2.19. The Morgan fingerprint density at radius 1 is 1.02 bits per heavy atom. The number of nitrogens with zero attached hydrogens (tertiary/aromatic N) is 5. The van der Waals surface area contributed by atoms with E-state index in [1.807, 2.05) is 83.0 Å². The van der Waals surface area contributed by atoms with E-state index < -0.39 is 12.4 Å². The van der Waals surface area contributed by atoms with Gasteiger partial charge in [-0.05, 0) is 94.0 Å². The van der Waals surface area contributed by atoms with Gasteiger partial charge in [0.1, 0.15) is 42.8 Å². The molecular formula is C32H42N6O5PS+. The van der Waals surface area contributed by atoms with Crippen molar-refractivity contribution in [3.63, 3.8) is 0 Å². The molecule has 11 nitrogen and oxygen atoms in total. The normalized spacial score (nSPS) is 11.9. The maximum Gasteiger partial charge on any atom is 0.306 e. The summed E-state index contributed by atoms with van der Waals surface area (Å²) in [4.78, 5) is 24.2. The molecule has 3 aromatic rings. The zero-order valence-electron chi connectivity index (χ0n) is 26.5. The molecule has 240 valence electrons. The number of nitrogens with one attached hydrogen (secondary N) is 1. The lowest BCUT2D eigenvalue weighted by atomic mass is 10.1. The van der Waals surface area contributed by atoms with Crippen molar-refractivity contribution in [2.24, 2.45) is 5.10 Å². The molecule has 0 aliphatic rings. The number of ether oxygens (including phenoxy) is 3. The van der Waals surface area contributed by atoms with E-state index >= 15 is 0 Å². The van der Waals surface area contributed by atoms with Gasteiger partial charge in [0.2, 0.25) is 5.91 Å². The third-order valence-corrected chi connectivity index (χ3v) is 7.79. The highest BCUT2D eigenvalue weighted by molar-refractivity contribution is 8.03. The van der Waals surface area contributed by atoms with Gasteiger partial charge in [-0.25, -0.2) is 4.68 Å². The number of hydrazone groups is 1. The SMILES string of the molecule is CN(/N=C/c1ccc(OC=COc2ccc(CCNC(=O)Cn3cc(CCCCC(=O)OC(C)(C)C)nn3)cc2)cc1)[P+](C)=S. The number of esters is 1. The maximum atomic E-state index is 12.4. The number of benzene rings is 2. The summed E-state index contributed by atoms with van der Waals surface area (Å²) in [6, 6.07) is 15.2. The Morgan fingerprint density at radius 3 is 2.29 bits per heavy atom. The van der Waals surface area contributed by atoms with Crippen LogP contribution >= 0.6 is 6.85 Å². The van der Waals surface area contributed by atoms with Gasteiger partial charge in [-0.15, -0.1) is 15.0 Å². The van der Waals surface area contributed by atoms with Crippen LogP contribution in [-0.2, 0) is 45.5 Å². The molecule has 0 fully saturated rings. The molecule has 2 aromatic carbocycles. The summed E-state index contributed by atoms with van der Waals surface area (Å²) in [6.45, 7) is 7.45. The van der Waals surface area contributed by atoms with E-state index in [2.05, 4.69) is 20.7 Å². The fraction of sp³-hybridized carbons (Fsp3) is 0.406. The van der Waals surface area contributed by atoms with Crippen LogP contribution in [0, 0.1) is 0 Å². The molecule has 0 bridgehead atoms. The number of carbonyl (C=O) groups is 2. The van der Waals surface area contributed by atoms with E-state index in [1.54, 1.807) is 17.2 Å². The number of hydrogen-bond acceptors (Lipinski definition) is 9. The number of aromatic nitrogens is 3. The van der Waals surface area contributed by atoms with Crippen LogP contribution in [0.5, 0.6) is 11.5 Å². The van der Waals surface area contributed by atoms with E-state index in [1.165, 1.54) is 17.2 Å². The van der Waals surface area contributed by atoms with Gasteiger partial charge < -0.3 is 19.5 Å². The summed E-state index contributed by atoms with van der Waals surface area (Å²) in [7, 11) is 1.87. The largest absolute Gasteiger partial charge is 0.462 e. The predicted molar refractivity (Wildman–Crippen MR) is 179 cm³/mol. The van der Waals surface area contributed by atoms with E-state index in [0.717, 1.165) is 23.2 Å². The molecule has 0 aliphatic carbocycles. The zero-order chi connectivity index (χ0) is 32.7. The second-order valence-electron chi connectivity index (χ2n) is 11.2. The molecule has 0 saturated carbocycles. The predicted octanol–water partition coefficient (Wildman–Crippen LogP) is 5.37. The molecular weight excluding hydrogens is 611 g/mol. The fourth-order valence-electron chi connectivity index (χ4n) is 3.85. The molecule has 1 aromatic heterocycles. The van der Waals surface area contributed by atoms with Crippen molar-refractivity contribution in [1.82, 2.24) is 25.1 Å². The molecule has 1 amide bonds. The van der Waals surface area contributed by atoms with Crippen molar-refractivity contribution in [3.8, 4) is 11.5 Å². The fourth-order valence-corrected chi connectivity index (χ4v) is 4.17. The summed E-state index contributed by atoms with van der Waals surface area (Å²) in [5, 5.41) is 15.4. The first-order valence-electron chi connectivity index (χ1n) is 14.7. The zero-order valence-corrected chi connectivity index (χ0v) is 28.2. The van der Waals surface area contributed by atoms with Gasteiger partial charge in [0.05, 0.1) is 19.0 Å². The van der Waals surface area contributed by atoms with Crippen molar-refractivity contribution >= 4 is 36.7 Å². The van der Waals surface area contributed by atoms with Crippen LogP contribution in [0.25, 0.3) is 0 Å². The summed E-state index contributed by atoms with van der Waals surface area (Å²) < 4.78 is 19.8. The monoisotopic (exact) mass is 653 g/mol. The highest BCUT2D eigenvalue weighted by Gasteiger charge is 2.15. The first kappa shape index (κ1) is 35.3. The maximum absolute atomic E-state index is 12.4. The Morgan fingerprint density at radius 2 is 1.67 bits per heavy atom. The number of unbranched alkanes of at least 4 members (excludes halogenated alkanes) is 1. The highest BCUT2D eigenvalue weighted by atomic mass is 32.4. The summed E-state index contributed by atoms with van der Waals surface area (Å²) in [6.07, 6.45) is 9.72. The third kappa shape index (κ3) is 14.5. The van der Waals surface area contributed by atoms with Crippen LogP contribution in [0.3, 0.4) is 0 Å². The van der Waals surface area contributed by atoms with E-state index in [-0.39, 0.29) is 18.4 Å². The lowest BCUT2D eigenvalue weighted by Crippen LogP contribution is -2.29. The lowest BCUT2D eigenvalue weighted by molar-refractivity contribution is -0.154. The third-order valence-electron chi connectivity index (χ3n) is 6.16. The molecule has 0 saturated heterocycles. The van der Waals surface area contributed by atoms with Gasteiger partial charge in [-0.1, -0.05) is 17.3 Å². The van der Waals surface area contributed by atoms with Crippen LogP contribution in [0.1, 0.15) is 56.9 Å². The molecule has 45 heavy (non-hydrogen) atoms. The van der Waals surface area contributed by atoms with Crippen molar-refractivity contribution in [3.05, 3.63) is 84.1 Å². The topological polar surface area (TPSA) is 120 Å². The van der Waals surface area contributed by atoms with Crippen LogP contribution in [0.4, 0.5) is 0 Å². The first-order valence-corrected chi connectivity index (χ1v) is 17.5. The molecule has 1 unspecified atom stereocenters. The summed E-state index contributed by atoms with van der Waals surface area (Å²) in [5.74, 6) is 1.01. The highest BCUT2D eigenvalue weighted by Crippen LogP contribution is 2.20. The van der Waals surface area contributed by atoms with E-state index in [4.69, 9.17) is 26.0 Å².